The molecule has 1 spiro atoms. The molecule has 7 nitrogen and oxygen atoms in total. The normalized spacial score (nSPS) is 26.0. The maximum Gasteiger partial charge on any atom is 0.341 e. The van der Waals surface area contributed by atoms with Gasteiger partial charge in [-0.1, -0.05) is 7.43 Å². The first kappa shape index (κ1) is 20.6. The Morgan fingerprint density at radius 2 is 2.07 bits per heavy atom. The van der Waals surface area contributed by atoms with Gasteiger partial charge in [0.25, 0.3) is 0 Å². The van der Waals surface area contributed by atoms with Crippen LogP contribution in [0.1, 0.15) is 43.1 Å². The average Bonchev–Trinajstić information content (AvgIpc) is 3.56. The summed E-state index contributed by atoms with van der Waals surface area (Å²) in [5.41, 5.74) is 5.31. The molecule has 1 aliphatic heterocycles. The molecule has 3 atom stereocenters. The van der Waals surface area contributed by atoms with Gasteiger partial charge in [-0.25, -0.2) is 13.6 Å². The van der Waals surface area contributed by atoms with E-state index in [1.165, 1.54) is 11.7 Å². The van der Waals surface area contributed by atoms with E-state index in [2.05, 4.69) is 0 Å². The van der Waals surface area contributed by atoms with Gasteiger partial charge in [0, 0.05) is 37.2 Å². The Hall–Kier alpha value is -2.68. The van der Waals surface area contributed by atoms with E-state index < -0.39 is 35.0 Å². The summed E-state index contributed by atoms with van der Waals surface area (Å²) in [6.07, 6.45) is 2.15. The van der Waals surface area contributed by atoms with E-state index in [-0.39, 0.29) is 47.6 Å². The second-order valence-corrected chi connectivity index (χ2v) is 8.39. The predicted molar refractivity (Wildman–Crippen MR) is 109 cm³/mol. The number of carboxylic acids is 1. The van der Waals surface area contributed by atoms with Crippen molar-refractivity contribution in [2.45, 2.75) is 44.9 Å². The number of halogens is 2. The number of carboxylic acid groups (broad SMARTS) is 1. The molecule has 3 fully saturated rings. The Morgan fingerprint density at radius 3 is 2.57 bits per heavy atom. The Labute approximate surface area is 172 Å². The highest BCUT2D eigenvalue weighted by Gasteiger charge is 2.54. The quantitative estimate of drug-likeness (QED) is 0.788. The van der Waals surface area contributed by atoms with Crippen LogP contribution in [0.5, 0.6) is 5.75 Å². The summed E-state index contributed by atoms with van der Waals surface area (Å²) in [6, 6.07) is 0.342. The summed E-state index contributed by atoms with van der Waals surface area (Å²) in [5.74, 6) is -2.01. The number of alkyl halides is 1. The summed E-state index contributed by atoms with van der Waals surface area (Å²) < 4.78 is 36.1. The number of methoxy groups -OCH3 is 1. The van der Waals surface area contributed by atoms with E-state index in [0.29, 0.717) is 13.1 Å². The molecule has 1 aromatic heterocycles. The van der Waals surface area contributed by atoms with Crippen LogP contribution in [-0.4, -0.2) is 48.1 Å². The van der Waals surface area contributed by atoms with Crippen LogP contribution in [0, 0.1) is 11.2 Å². The highest BCUT2D eigenvalue weighted by atomic mass is 19.1. The lowest BCUT2D eigenvalue weighted by atomic mass is 10.0. The number of hydrogen-bond donors (Lipinski definition) is 2. The minimum Gasteiger partial charge on any atom is -0.492 e. The molecule has 2 saturated carbocycles. The third kappa shape index (κ3) is 2.79. The van der Waals surface area contributed by atoms with E-state index in [1.54, 1.807) is 0 Å². The van der Waals surface area contributed by atoms with Gasteiger partial charge < -0.3 is 25.0 Å². The number of nitrogens with zero attached hydrogens (tertiary/aromatic N) is 2. The molecule has 1 aromatic carbocycles. The topological polar surface area (TPSA) is 97.8 Å². The van der Waals surface area contributed by atoms with E-state index in [0.717, 1.165) is 25.1 Å². The number of benzene rings is 1. The lowest BCUT2D eigenvalue weighted by Gasteiger charge is -2.24. The Kier molecular flexibility index (Phi) is 4.57. The number of aromatic carboxylic acids is 1. The standard InChI is InChI=1S/C20H21F2N3O4.CH4/c1-29-18-15-9(17(26)10(19(27)28)6-25(15)13-5-11(13)21)4-12(22)16(18)24-7-14(23)20(8-24)2-3-20;/h4,6,11,13-14H,2-3,5,7-8,23H2,1H3,(H,27,28);1H4/t11-,13+,14+;/m0./s1. The zero-order chi connectivity index (χ0) is 20.7. The fraction of sp³-hybridized carbons (Fsp3) is 0.524. The van der Waals surface area contributed by atoms with Crippen LogP contribution in [0.3, 0.4) is 0 Å². The molecular weight excluding hydrogens is 396 g/mol. The number of carbonyl (C=O) groups is 1. The van der Waals surface area contributed by atoms with Crippen LogP contribution in [0.2, 0.25) is 0 Å². The number of hydrogen-bond acceptors (Lipinski definition) is 5. The average molecular weight is 421 g/mol. The third-order valence-corrected chi connectivity index (χ3v) is 6.59. The van der Waals surface area contributed by atoms with Crippen LogP contribution in [-0.2, 0) is 0 Å². The fourth-order valence-corrected chi connectivity index (χ4v) is 4.64. The molecule has 9 heteroatoms. The number of ether oxygens (including phenoxy) is 1. The molecule has 0 unspecified atom stereocenters. The SMILES string of the molecule is C.COc1c(N2C[C@@H](N)C3(CC3)C2)c(F)cc2c(=O)c(C(=O)O)cn([C@@H]3C[C@@H]3F)c12. The number of nitrogens with two attached hydrogens (primary N) is 1. The van der Waals surface area contributed by atoms with E-state index in [9.17, 15) is 19.1 Å². The van der Waals surface area contributed by atoms with Crippen LogP contribution in [0.15, 0.2) is 17.1 Å². The Bertz CT molecular complexity index is 1110. The summed E-state index contributed by atoms with van der Waals surface area (Å²) in [6.45, 7) is 1.03. The van der Waals surface area contributed by atoms with Crippen molar-refractivity contribution in [2.24, 2.45) is 11.1 Å². The van der Waals surface area contributed by atoms with Gasteiger partial charge in [-0.05, 0) is 18.9 Å². The monoisotopic (exact) mass is 421 g/mol. The van der Waals surface area contributed by atoms with Crippen molar-refractivity contribution in [3.8, 4) is 5.75 Å². The second-order valence-electron chi connectivity index (χ2n) is 8.39. The van der Waals surface area contributed by atoms with Crippen LogP contribution < -0.4 is 20.8 Å². The smallest absolute Gasteiger partial charge is 0.341 e. The third-order valence-electron chi connectivity index (χ3n) is 6.59. The summed E-state index contributed by atoms with van der Waals surface area (Å²) >= 11 is 0. The highest BCUT2D eigenvalue weighted by Crippen LogP contribution is 2.54. The molecule has 5 rings (SSSR count). The van der Waals surface area contributed by atoms with Crippen molar-refractivity contribution in [3.05, 3.63) is 33.9 Å². The fourth-order valence-electron chi connectivity index (χ4n) is 4.64. The van der Waals surface area contributed by atoms with Crippen molar-refractivity contribution in [1.82, 2.24) is 4.57 Å². The first-order chi connectivity index (χ1) is 13.8. The summed E-state index contributed by atoms with van der Waals surface area (Å²) in [4.78, 5) is 26.1. The van der Waals surface area contributed by atoms with E-state index in [4.69, 9.17) is 10.5 Å². The van der Waals surface area contributed by atoms with Gasteiger partial charge in [-0.15, -0.1) is 0 Å². The van der Waals surface area contributed by atoms with Gasteiger partial charge >= 0.3 is 5.97 Å². The molecule has 0 radical (unpaired) electrons. The molecule has 2 aromatic rings. The van der Waals surface area contributed by atoms with Gasteiger partial charge in [0.2, 0.25) is 5.43 Å². The van der Waals surface area contributed by atoms with Gasteiger partial charge in [0.1, 0.15) is 17.4 Å². The molecule has 2 heterocycles. The number of pyridine rings is 1. The van der Waals surface area contributed by atoms with Crippen molar-refractivity contribution < 1.29 is 23.4 Å². The maximum absolute atomic E-state index is 15.2. The maximum atomic E-state index is 15.2. The zero-order valence-electron chi connectivity index (χ0n) is 15.8. The van der Waals surface area contributed by atoms with Gasteiger partial charge in [0.05, 0.1) is 24.1 Å². The lowest BCUT2D eigenvalue weighted by molar-refractivity contribution is 0.0694. The Balaban J connectivity index is 0.00000218. The first-order valence-electron chi connectivity index (χ1n) is 9.60. The van der Waals surface area contributed by atoms with E-state index in [1.807, 2.05) is 4.90 Å². The van der Waals surface area contributed by atoms with Gasteiger partial charge in [-0.3, -0.25) is 4.79 Å². The zero-order valence-corrected chi connectivity index (χ0v) is 15.8. The van der Waals surface area contributed by atoms with Crippen LogP contribution in [0.25, 0.3) is 10.9 Å². The van der Waals surface area contributed by atoms with Crippen molar-refractivity contribution in [2.75, 3.05) is 25.1 Å². The molecular formula is C21H25F2N3O4. The molecule has 3 N–H and O–H groups in total. The lowest BCUT2D eigenvalue weighted by Crippen LogP contribution is -2.30. The molecule has 2 aliphatic carbocycles. The number of anilines is 1. The highest BCUT2D eigenvalue weighted by molar-refractivity contribution is 5.97. The minimum absolute atomic E-state index is 0. The number of rotatable bonds is 4. The number of aromatic nitrogens is 1. The molecule has 0 amide bonds. The van der Waals surface area contributed by atoms with Crippen molar-refractivity contribution in [3.63, 3.8) is 0 Å². The van der Waals surface area contributed by atoms with E-state index >= 15 is 4.39 Å². The van der Waals surface area contributed by atoms with Gasteiger partial charge in [-0.2, -0.15) is 0 Å². The molecule has 3 aliphatic rings. The largest absolute Gasteiger partial charge is 0.492 e. The van der Waals surface area contributed by atoms with Crippen molar-refractivity contribution >= 4 is 22.6 Å². The Morgan fingerprint density at radius 1 is 1.40 bits per heavy atom. The second kappa shape index (κ2) is 6.66. The minimum atomic E-state index is -1.44. The van der Waals surface area contributed by atoms with Crippen molar-refractivity contribution in [1.29, 1.82) is 0 Å². The summed E-state index contributed by atoms with van der Waals surface area (Å²) in [5, 5.41) is 9.25. The summed E-state index contributed by atoms with van der Waals surface area (Å²) in [7, 11) is 1.36. The molecule has 0 bridgehead atoms. The number of fused-ring (bicyclic) bond motifs is 1. The molecule has 30 heavy (non-hydrogen) atoms. The van der Waals surface area contributed by atoms with Gasteiger partial charge in [0.15, 0.2) is 11.6 Å². The predicted octanol–water partition coefficient (Wildman–Crippen LogP) is 2.69. The molecule has 162 valence electrons. The van der Waals surface area contributed by atoms with Crippen LogP contribution >= 0.6 is 0 Å². The van der Waals surface area contributed by atoms with Crippen LogP contribution in [0.4, 0.5) is 14.5 Å². The molecule has 1 saturated heterocycles. The first-order valence-corrected chi connectivity index (χ1v) is 9.60.